The fraction of sp³-hybridized carbons (Fsp3) is 0.900. The van der Waals surface area contributed by atoms with Crippen molar-refractivity contribution in [3.05, 3.63) is 0 Å². The maximum Gasteiger partial charge on any atom is 0.303 e. The van der Waals surface area contributed by atoms with E-state index in [9.17, 15) is 4.79 Å². The number of ether oxygens (including phenoxy) is 1. The first-order valence-electron chi connectivity index (χ1n) is 5.28. The van der Waals surface area contributed by atoms with E-state index in [1.807, 2.05) is 0 Å². The molecule has 2 heterocycles. The van der Waals surface area contributed by atoms with Gasteiger partial charge in [-0.3, -0.25) is 9.69 Å². The Morgan fingerprint density at radius 3 is 2.86 bits per heavy atom. The second-order valence-corrected chi connectivity index (χ2v) is 4.34. The zero-order valence-electron chi connectivity index (χ0n) is 8.37. The van der Waals surface area contributed by atoms with E-state index in [4.69, 9.17) is 9.84 Å². The molecule has 2 saturated heterocycles. The lowest BCUT2D eigenvalue weighted by molar-refractivity contribution is -0.137. The summed E-state index contributed by atoms with van der Waals surface area (Å²) in [6.07, 6.45) is 3.40. The minimum absolute atomic E-state index is 0.156. The van der Waals surface area contributed by atoms with E-state index in [2.05, 4.69) is 4.90 Å². The Labute approximate surface area is 83.8 Å². The molecule has 0 amide bonds. The maximum absolute atomic E-state index is 10.3. The highest BCUT2D eigenvalue weighted by Gasteiger charge is 2.45. The molecule has 4 heteroatoms. The van der Waals surface area contributed by atoms with E-state index in [1.54, 1.807) is 0 Å². The van der Waals surface area contributed by atoms with Crippen LogP contribution < -0.4 is 0 Å². The predicted molar refractivity (Wildman–Crippen MR) is 51.2 cm³/mol. The molecule has 0 saturated carbocycles. The summed E-state index contributed by atoms with van der Waals surface area (Å²) >= 11 is 0. The van der Waals surface area contributed by atoms with Crippen LogP contribution in [0.2, 0.25) is 0 Å². The van der Waals surface area contributed by atoms with Crippen molar-refractivity contribution in [1.82, 2.24) is 4.90 Å². The lowest BCUT2D eigenvalue weighted by Gasteiger charge is -2.47. The number of nitrogens with zero attached hydrogens (tertiary/aromatic N) is 1. The first kappa shape index (κ1) is 9.93. The van der Waals surface area contributed by atoms with E-state index in [-0.39, 0.29) is 12.0 Å². The summed E-state index contributed by atoms with van der Waals surface area (Å²) in [5, 5.41) is 8.48. The van der Waals surface area contributed by atoms with Crippen LogP contribution in [-0.4, -0.2) is 47.8 Å². The quantitative estimate of drug-likeness (QED) is 0.724. The molecule has 2 rings (SSSR count). The Bertz CT molecular complexity index is 215. The van der Waals surface area contributed by atoms with Crippen LogP contribution in [0.3, 0.4) is 0 Å². The fourth-order valence-electron chi connectivity index (χ4n) is 2.39. The van der Waals surface area contributed by atoms with Crippen LogP contribution in [0.1, 0.15) is 25.7 Å². The number of aliphatic carboxylic acids is 1. The van der Waals surface area contributed by atoms with E-state index in [0.29, 0.717) is 0 Å². The van der Waals surface area contributed by atoms with Gasteiger partial charge in [-0.25, -0.2) is 0 Å². The van der Waals surface area contributed by atoms with Crippen molar-refractivity contribution in [3.8, 4) is 0 Å². The highest BCUT2D eigenvalue weighted by Crippen LogP contribution is 2.34. The molecule has 1 spiro atoms. The van der Waals surface area contributed by atoms with Gasteiger partial charge >= 0.3 is 5.97 Å². The van der Waals surface area contributed by atoms with Crippen molar-refractivity contribution >= 4 is 5.97 Å². The van der Waals surface area contributed by atoms with Gasteiger partial charge in [0, 0.05) is 26.1 Å². The summed E-state index contributed by atoms with van der Waals surface area (Å²) < 4.78 is 5.68. The molecule has 0 aromatic rings. The fourth-order valence-corrected chi connectivity index (χ4v) is 2.39. The predicted octanol–water partition coefficient (Wildman–Crippen LogP) is 0.716. The Morgan fingerprint density at radius 1 is 1.50 bits per heavy atom. The van der Waals surface area contributed by atoms with Gasteiger partial charge in [0.2, 0.25) is 0 Å². The van der Waals surface area contributed by atoms with Crippen LogP contribution in [0, 0.1) is 0 Å². The third-order valence-electron chi connectivity index (χ3n) is 3.07. The number of hydrogen-bond acceptors (Lipinski definition) is 3. The number of carboxylic acids is 1. The van der Waals surface area contributed by atoms with E-state index < -0.39 is 5.97 Å². The van der Waals surface area contributed by atoms with Gasteiger partial charge in [-0.15, -0.1) is 0 Å². The molecule has 80 valence electrons. The van der Waals surface area contributed by atoms with Crippen LogP contribution in [0.4, 0.5) is 0 Å². The molecule has 0 bridgehead atoms. The van der Waals surface area contributed by atoms with Gasteiger partial charge in [-0.1, -0.05) is 0 Å². The zero-order chi connectivity index (χ0) is 10.0. The average Bonchev–Trinajstić information content (AvgIpc) is 2.51. The zero-order valence-corrected chi connectivity index (χ0v) is 8.37. The number of carbonyl (C=O) groups is 1. The second-order valence-electron chi connectivity index (χ2n) is 4.34. The maximum atomic E-state index is 10.3. The van der Waals surface area contributed by atoms with Crippen LogP contribution in [0.25, 0.3) is 0 Å². The average molecular weight is 199 g/mol. The topological polar surface area (TPSA) is 49.8 Å². The van der Waals surface area contributed by atoms with Gasteiger partial charge in [0.15, 0.2) is 0 Å². The smallest absolute Gasteiger partial charge is 0.303 e. The molecule has 4 nitrogen and oxygen atoms in total. The van der Waals surface area contributed by atoms with E-state index in [0.717, 1.165) is 32.7 Å². The second kappa shape index (κ2) is 3.87. The standard InChI is InChI=1S/C10H17NO3/c12-9(13)3-1-5-11-7-10(8-11)4-2-6-14-10/h1-8H2,(H,12,13). The van der Waals surface area contributed by atoms with Crippen LogP contribution in [-0.2, 0) is 9.53 Å². The molecule has 0 aromatic carbocycles. The van der Waals surface area contributed by atoms with Gasteiger partial charge < -0.3 is 9.84 Å². The molecule has 0 unspecified atom stereocenters. The van der Waals surface area contributed by atoms with Crippen molar-refractivity contribution in [1.29, 1.82) is 0 Å². The Hall–Kier alpha value is -0.610. The number of hydrogen-bond donors (Lipinski definition) is 1. The highest BCUT2D eigenvalue weighted by molar-refractivity contribution is 5.66. The number of rotatable bonds is 4. The van der Waals surface area contributed by atoms with Gasteiger partial charge in [0.25, 0.3) is 0 Å². The van der Waals surface area contributed by atoms with Gasteiger partial charge in [-0.05, 0) is 25.8 Å². The SMILES string of the molecule is O=C(O)CCCN1CC2(CCCO2)C1. The molecule has 2 aliphatic rings. The largest absolute Gasteiger partial charge is 0.481 e. The lowest BCUT2D eigenvalue weighted by atomic mass is 9.91. The lowest BCUT2D eigenvalue weighted by Crippen LogP contribution is -2.61. The van der Waals surface area contributed by atoms with Crippen LogP contribution in [0.5, 0.6) is 0 Å². The van der Waals surface area contributed by atoms with Crippen LogP contribution >= 0.6 is 0 Å². The summed E-state index contributed by atoms with van der Waals surface area (Å²) in [4.78, 5) is 12.6. The molecule has 14 heavy (non-hydrogen) atoms. The molecule has 0 radical (unpaired) electrons. The molecule has 2 aliphatic heterocycles. The van der Waals surface area contributed by atoms with E-state index in [1.165, 1.54) is 12.8 Å². The summed E-state index contributed by atoms with van der Waals surface area (Å²) in [5.74, 6) is -0.697. The molecule has 0 atom stereocenters. The normalized spacial score (nSPS) is 25.1. The third-order valence-corrected chi connectivity index (χ3v) is 3.07. The van der Waals surface area contributed by atoms with Crippen molar-refractivity contribution in [2.24, 2.45) is 0 Å². The molecular weight excluding hydrogens is 182 g/mol. The highest BCUT2D eigenvalue weighted by atomic mass is 16.5. The summed E-state index contributed by atoms with van der Waals surface area (Å²) in [7, 11) is 0. The number of likely N-dealkylation sites (tertiary alicyclic amines) is 1. The van der Waals surface area contributed by atoms with Crippen molar-refractivity contribution in [3.63, 3.8) is 0 Å². The summed E-state index contributed by atoms with van der Waals surface area (Å²) in [5.41, 5.74) is 0.156. The van der Waals surface area contributed by atoms with Crippen molar-refractivity contribution in [2.45, 2.75) is 31.3 Å². The third kappa shape index (κ3) is 2.07. The summed E-state index contributed by atoms with van der Waals surface area (Å²) in [6, 6.07) is 0. The number of carboxylic acid groups (broad SMARTS) is 1. The van der Waals surface area contributed by atoms with Crippen molar-refractivity contribution in [2.75, 3.05) is 26.2 Å². The van der Waals surface area contributed by atoms with Crippen molar-refractivity contribution < 1.29 is 14.6 Å². The van der Waals surface area contributed by atoms with Gasteiger partial charge in [0.1, 0.15) is 0 Å². The van der Waals surface area contributed by atoms with Gasteiger partial charge in [-0.2, -0.15) is 0 Å². The molecule has 1 N–H and O–H groups in total. The van der Waals surface area contributed by atoms with Gasteiger partial charge in [0.05, 0.1) is 5.60 Å². The monoisotopic (exact) mass is 199 g/mol. The molecule has 2 fully saturated rings. The van der Waals surface area contributed by atoms with E-state index >= 15 is 0 Å². The Balaban J connectivity index is 1.61. The molecular formula is C10H17NO3. The Morgan fingerprint density at radius 2 is 2.29 bits per heavy atom. The molecule has 0 aromatic heterocycles. The Kier molecular flexibility index (Phi) is 2.74. The molecule has 0 aliphatic carbocycles. The summed E-state index contributed by atoms with van der Waals surface area (Å²) in [6.45, 7) is 3.82. The first-order valence-corrected chi connectivity index (χ1v) is 5.28. The first-order chi connectivity index (χ1) is 6.70. The minimum atomic E-state index is -0.697. The van der Waals surface area contributed by atoms with Crippen LogP contribution in [0.15, 0.2) is 0 Å². The minimum Gasteiger partial charge on any atom is -0.481 e.